The molecule has 32 heavy (non-hydrogen) atoms. The highest BCUT2D eigenvalue weighted by Gasteiger charge is 2.24. The number of methoxy groups -OCH3 is 1. The topological polar surface area (TPSA) is 115 Å². The van der Waals surface area contributed by atoms with E-state index in [0.29, 0.717) is 18.2 Å². The van der Waals surface area contributed by atoms with Crippen LogP contribution in [-0.4, -0.2) is 35.4 Å². The van der Waals surface area contributed by atoms with Gasteiger partial charge in [-0.1, -0.05) is 12.1 Å². The Kier molecular flexibility index (Phi) is 4.78. The number of carbonyl (C=O) groups excluding carboxylic acids is 1. The van der Waals surface area contributed by atoms with Crippen molar-refractivity contribution in [3.05, 3.63) is 66.5 Å². The Morgan fingerprint density at radius 2 is 1.97 bits per heavy atom. The lowest BCUT2D eigenvalue weighted by molar-refractivity contribution is -0.116. The first-order chi connectivity index (χ1) is 15.5. The molecule has 3 heterocycles. The van der Waals surface area contributed by atoms with E-state index in [1.807, 2.05) is 18.2 Å². The molecule has 0 radical (unpaired) electrons. The van der Waals surface area contributed by atoms with Gasteiger partial charge >= 0.3 is 0 Å². The van der Waals surface area contributed by atoms with Gasteiger partial charge in [-0.25, -0.2) is 17.4 Å². The third kappa shape index (κ3) is 3.44. The first-order valence-electron chi connectivity index (χ1n) is 9.88. The van der Waals surface area contributed by atoms with Crippen molar-refractivity contribution in [2.24, 2.45) is 0 Å². The SMILES string of the molecule is COc1ccccc1S(=O)(=O)n1ccc2cnc(Nc3ccc4c(c3)CCC(=O)N4)nc21. The lowest BCUT2D eigenvalue weighted by Gasteiger charge is -2.17. The smallest absolute Gasteiger partial charge is 0.273 e. The summed E-state index contributed by atoms with van der Waals surface area (Å²) >= 11 is 0. The molecular weight excluding hydrogens is 430 g/mol. The molecule has 0 saturated carbocycles. The van der Waals surface area contributed by atoms with Crippen molar-refractivity contribution in [1.82, 2.24) is 13.9 Å². The lowest BCUT2D eigenvalue weighted by Crippen LogP contribution is -2.18. The Labute approximate surface area is 184 Å². The molecule has 1 aliphatic rings. The van der Waals surface area contributed by atoms with Crippen LogP contribution in [0.4, 0.5) is 17.3 Å². The third-order valence-corrected chi connectivity index (χ3v) is 6.96. The number of para-hydroxylation sites is 1. The quantitative estimate of drug-likeness (QED) is 0.480. The van der Waals surface area contributed by atoms with Gasteiger partial charge in [0.15, 0.2) is 5.65 Å². The number of nitrogens with one attached hydrogen (secondary N) is 2. The summed E-state index contributed by atoms with van der Waals surface area (Å²) in [5.74, 6) is 0.513. The zero-order valence-electron chi connectivity index (χ0n) is 17.1. The minimum atomic E-state index is -3.94. The molecule has 2 aromatic carbocycles. The number of nitrogens with zero attached hydrogens (tertiary/aromatic N) is 3. The summed E-state index contributed by atoms with van der Waals surface area (Å²) in [4.78, 5) is 20.4. The van der Waals surface area contributed by atoms with Crippen LogP contribution in [0, 0.1) is 0 Å². The standard InChI is InChI=1S/C22H19N5O4S/c1-31-18-4-2-3-5-19(18)32(29,30)27-11-10-15-13-23-22(26-21(15)27)24-16-7-8-17-14(12-16)6-9-20(28)25-17/h2-5,7-8,10-13H,6,9H2,1H3,(H,25,28)(H,23,24,26). The van der Waals surface area contributed by atoms with E-state index in [0.717, 1.165) is 20.9 Å². The fraction of sp³-hybridized carbons (Fsp3) is 0.136. The molecule has 162 valence electrons. The summed E-state index contributed by atoms with van der Waals surface area (Å²) in [5, 5.41) is 6.55. The molecule has 1 aliphatic heterocycles. The molecule has 0 spiro atoms. The van der Waals surface area contributed by atoms with Crippen LogP contribution in [0.1, 0.15) is 12.0 Å². The summed E-state index contributed by atoms with van der Waals surface area (Å²) in [6, 6.07) is 13.6. The van der Waals surface area contributed by atoms with Crippen LogP contribution < -0.4 is 15.4 Å². The van der Waals surface area contributed by atoms with Crippen LogP contribution in [0.15, 0.2) is 65.8 Å². The molecule has 0 aliphatic carbocycles. The third-order valence-electron chi connectivity index (χ3n) is 5.26. The Balaban J connectivity index is 1.51. The number of benzene rings is 2. The number of carbonyl (C=O) groups is 1. The van der Waals surface area contributed by atoms with E-state index in [9.17, 15) is 13.2 Å². The fourth-order valence-corrected chi connectivity index (χ4v) is 5.14. The van der Waals surface area contributed by atoms with E-state index in [-0.39, 0.29) is 28.1 Å². The second-order valence-corrected chi connectivity index (χ2v) is 9.07. The number of aromatic nitrogens is 3. The summed E-state index contributed by atoms with van der Waals surface area (Å²) in [5.41, 5.74) is 2.79. The van der Waals surface area contributed by atoms with Gasteiger partial charge in [0.05, 0.1) is 7.11 Å². The monoisotopic (exact) mass is 449 g/mol. The normalized spacial score (nSPS) is 13.5. The zero-order valence-corrected chi connectivity index (χ0v) is 17.9. The predicted octanol–water partition coefficient (Wildman–Crippen LogP) is 3.31. The van der Waals surface area contributed by atoms with Gasteiger partial charge < -0.3 is 15.4 Å². The maximum Gasteiger partial charge on any atom is 0.273 e. The number of anilines is 3. The molecule has 4 aromatic rings. The maximum absolute atomic E-state index is 13.3. The number of hydrogen-bond acceptors (Lipinski definition) is 7. The van der Waals surface area contributed by atoms with Gasteiger partial charge in [0, 0.05) is 35.6 Å². The van der Waals surface area contributed by atoms with E-state index in [1.54, 1.807) is 30.5 Å². The fourth-order valence-electron chi connectivity index (χ4n) is 3.68. The minimum absolute atomic E-state index is 0.00371. The number of hydrogen-bond donors (Lipinski definition) is 2. The molecule has 1 amide bonds. The number of ether oxygens (including phenoxy) is 1. The molecule has 0 bridgehead atoms. The van der Waals surface area contributed by atoms with E-state index in [4.69, 9.17) is 4.74 Å². The van der Waals surface area contributed by atoms with Crippen LogP contribution in [0.5, 0.6) is 5.75 Å². The molecule has 0 unspecified atom stereocenters. The average molecular weight is 449 g/mol. The van der Waals surface area contributed by atoms with Crippen LogP contribution in [0.3, 0.4) is 0 Å². The highest BCUT2D eigenvalue weighted by molar-refractivity contribution is 7.90. The first-order valence-corrected chi connectivity index (χ1v) is 11.3. The summed E-state index contributed by atoms with van der Waals surface area (Å²) in [7, 11) is -2.51. The molecule has 2 N–H and O–H groups in total. The van der Waals surface area contributed by atoms with E-state index in [2.05, 4.69) is 20.6 Å². The Hall–Kier alpha value is -3.92. The predicted molar refractivity (Wildman–Crippen MR) is 120 cm³/mol. The van der Waals surface area contributed by atoms with Crippen LogP contribution in [0.25, 0.3) is 11.0 Å². The highest BCUT2D eigenvalue weighted by atomic mass is 32.2. The molecule has 0 fully saturated rings. The van der Waals surface area contributed by atoms with Gasteiger partial charge in [0.25, 0.3) is 10.0 Å². The van der Waals surface area contributed by atoms with Gasteiger partial charge in [-0.3, -0.25) is 4.79 Å². The second kappa shape index (κ2) is 7.65. The number of aryl methyl sites for hydroxylation is 1. The lowest BCUT2D eigenvalue weighted by atomic mass is 10.0. The zero-order chi connectivity index (χ0) is 22.3. The van der Waals surface area contributed by atoms with Gasteiger partial charge in [-0.2, -0.15) is 4.98 Å². The largest absolute Gasteiger partial charge is 0.495 e. The molecule has 0 saturated heterocycles. The Bertz CT molecular complexity index is 1460. The summed E-state index contributed by atoms with van der Waals surface area (Å²) in [6.07, 6.45) is 4.10. The van der Waals surface area contributed by atoms with Gasteiger partial charge in [0.2, 0.25) is 11.9 Å². The van der Waals surface area contributed by atoms with Crippen molar-refractivity contribution in [3.8, 4) is 5.75 Å². The van der Waals surface area contributed by atoms with Gasteiger partial charge in [0.1, 0.15) is 10.6 Å². The van der Waals surface area contributed by atoms with Crippen molar-refractivity contribution >= 4 is 44.3 Å². The van der Waals surface area contributed by atoms with Crippen LogP contribution in [0.2, 0.25) is 0 Å². The number of amides is 1. The molecule has 9 nitrogen and oxygen atoms in total. The highest BCUT2D eigenvalue weighted by Crippen LogP contribution is 2.29. The van der Waals surface area contributed by atoms with Crippen LogP contribution in [-0.2, 0) is 21.2 Å². The maximum atomic E-state index is 13.3. The van der Waals surface area contributed by atoms with Crippen molar-refractivity contribution in [1.29, 1.82) is 0 Å². The van der Waals surface area contributed by atoms with Crippen molar-refractivity contribution < 1.29 is 17.9 Å². The van der Waals surface area contributed by atoms with Crippen molar-refractivity contribution in [2.45, 2.75) is 17.7 Å². The van der Waals surface area contributed by atoms with Crippen molar-refractivity contribution in [3.63, 3.8) is 0 Å². The Morgan fingerprint density at radius 3 is 2.81 bits per heavy atom. The van der Waals surface area contributed by atoms with E-state index >= 15 is 0 Å². The minimum Gasteiger partial charge on any atom is -0.495 e. The van der Waals surface area contributed by atoms with Crippen LogP contribution >= 0.6 is 0 Å². The second-order valence-electron chi connectivity index (χ2n) is 7.29. The van der Waals surface area contributed by atoms with E-state index in [1.165, 1.54) is 19.4 Å². The Morgan fingerprint density at radius 1 is 1.12 bits per heavy atom. The molecule has 5 rings (SSSR count). The van der Waals surface area contributed by atoms with Crippen molar-refractivity contribution in [2.75, 3.05) is 17.7 Å². The van der Waals surface area contributed by atoms with Gasteiger partial charge in [-0.15, -0.1) is 0 Å². The molecule has 2 aromatic heterocycles. The number of fused-ring (bicyclic) bond motifs is 2. The summed E-state index contributed by atoms with van der Waals surface area (Å²) in [6.45, 7) is 0. The molecule has 10 heteroatoms. The molecule has 0 atom stereocenters. The van der Waals surface area contributed by atoms with Gasteiger partial charge in [-0.05, 0) is 48.4 Å². The van der Waals surface area contributed by atoms with E-state index < -0.39 is 10.0 Å². The first kappa shape index (κ1) is 20.0. The molecular formula is C22H19N5O4S. The number of rotatable bonds is 5. The average Bonchev–Trinajstić information content (AvgIpc) is 3.23. The summed E-state index contributed by atoms with van der Waals surface area (Å²) < 4.78 is 33.0.